The molecule has 0 atom stereocenters. The minimum atomic E-state index is -2.09. The SMILES string of the molecule is Cc1cc(Cc2cc(C)cc(C(C)(C)C)c2O[Si](C)(C)C2C=CC=C2)c(O)c(C(C)(C)C)c1. The molecule has 2 aromatic rings. The molecule has 0 spiro atoms. The van der Waals surface area contributed by atoms with Gasteiger partial charge in [-0.2, -0.15) is 0 Å². The maximum atomic E-state index is 11.3. The molecule has 2 aromatic carbocycles. The molecule has 0 heterocycles. The number of hydrogen-bond acceptors (Lipinski definition) is 2. The second kappa shape index (κ2) is 8.83. The Morgan fingerprint density at radius 2 is 1.27 bits per heavy atom. The number of hydrogen-bond donors (Lipinski definition) is 1. The number of phenolic OH excluding ortho intramolecular Hbond substituents is 1. The van der Waals surface area contributed by atoms with Crippen LogP contribution in [0.1, 0.15) is 74.9 Å². The van der Waals surface area contributed by atoms with Crippen LogP contribution in [-0.2, 0) is 17.3 Å². The average molecular weight is 463 g/mol. The summed E-state index contributed by atoms with van der Waals surface area (Å²) in [7, 11) is -2.09. The van der Waals surface area contributed by atoms with Crippen LogP contribution < -0.4 is 4.43 Å². The molecule has 0 fully saturated rings. The minimum Gasteiger partial charge on any atom is -0.543 e. The lowest BCUT2D eigenvalue weighted by molar-refractivity contribution is 0.440. The molecule has 0 unspecified atom stereocenters. The van der Waals surface area contributed by atoms with Gasteiger partial charge in [-0.15, -0.1) is 0 Å². The van der Waals surface area contributed by atoms with Gasteiger partial charge in [0.2, 0.25) is 0 Å². The van der Waals surface area contributed by atoms with Crippen molar-refractivity contribution in [3.05, 3.63) is 82.0 Å². The summed E-state index contributed by atoms with van der Waals surface area (Å²) < 4.78 is 7.02. The van der Waals surface area contributed by atoms with E-state index in [0.29, 0.717) is 17.7 Å². The molecule has 33 heavy (non-hydrogen) atoms. The summed E-state index contributed by atoms with van der Waals surface area (Å²) >= 11 is 0. The van der Waals surface area contributed by atoms with E-state index in [4.69, 9.17) is 4.43 Å². The summed E-state index contributed by atoms with van der Waals surface area (Å²) in [5.74, 6) is 1.42. The summed E-state index contributed by atoms with van der Waals surface area (Å²) in [6.07, 6.45) is 9.43. The predicted octanol–water partition coefficient (Wildman–Crippen LogP) is 8.27. The third kappa shape index (κ3) is 5.63. The number of aryl methyl sites for hydroxylation is 2. The van der Waals surface area contributed by atoms with Crippen molar-refractivity contribution in [2.75, 3.05) is 0 Å². The average Bonchev–Trinajstić information content (AvgIpc) is 3.20. The minimum absolute atomic E-state index is 0.0485. The Hall–Kier alpha value is -2.26. The summed E-state index contributed by atoms with van der Waals surface area (Å²) in [4.78, 5) is 0. The normalized spacial score (nSPS) is 14.8. The molecule has 0 aliphatic heterocycles. The Labute approximate surface area is 202 Å². The van der Waals surface area contributed by atoms with E-state index < -0.39 is 8.32 Å². The van der Waals surface area contributed by atoms with Gasteiger partial charge < -0.3 is 9.53 Å². The van der Waals surface area contributed by atoms with Gasteiger partial charge in [-0.1, -0.05) is 101 Å². The van der Waals surface area contributed by atoms with Crippen molar-refractivity contribution in [3.8, 4) is 11.5 Å². The van der Waals surface area contributed by atoms with Gasteiger partial charge in [0.25, 0.3) is 8.32 Å². The molecule has 0 aromatic heterocycles. The highest BCUT2D eigenvalue weighted by Gasteiger charge is 2.36. The highest BCUT2D eigenvalue weighted by atomic mass is 28.4. The Balaban J connectivity index is 2.17. The molecule has 3 heteroatoms. The smallest absolute Gasteiger partial charge is 0.255 e. The van der Waals surface area contributed by atoms with Crippen LogP contribution >= 0.6 is 0 Å². The van der Waals surface area contributed by atoms with Crippen molar-refractivity contribution in [1.82, 2.24) is 0 Å². The highest BCUT2D eigenvalue weighted by molar-refractivity contribution is 6.74. The van der Waals surface area contributed by atoms with Crippen molar-refractivity contribution < 1.29 is 9.53 Å². The maximum absolute atomic E-state index is 11.3. The predicted molar refractivity (Wildman–Crippen MR) is 144 cm³/mol. The monoisotopic (exact) mass is 462 g/mol. The van der Waals surface area contributed by atoms with Crippen LogP contribution in [0.5, 0.6) is 11.5 Å². The van der Waals surface area contributed by atoms with Gasteiger partial charge in [0, 0.05) is 12.0 Å². The zero-order valence-corrected chi connectivity index (χ0v) is 23.3. The first kappa shape index (κ1) is 25.4. The first-order valence-corrected chi connectivity index (χ1v) is 15.1. The van der Waals surface area contributed by atoms with Crippen LogP contribution in [0, 0.1) is 13.8 Å². The molecule has 1 aliphatic carbocycles. The van der Waals surface area contributed by atoms with Crippen LogP contribution in [0.2, 0.25) is 18.6 Å². The molecular weight excluding hydrogens is 420 g/mol. The second-order valence-electron chi connectivity index (χ2n) is 12.3. The standard InChI is InChI=1S/C30H42O2Si/c1-20-15-22(27(31)25(17-20)29(3,4)5)19-23-16-21(2)18-26(30(6,7)8)28(23)32-33(9,10)24-13-11-12-14-24/h11-18,24,31H,19H2,1-10H3. The zero-order chi connectivity index (χ0) is 24.8. The first-order chi connectivity index (χ1) is 15.1. The van der Waals surface area contributed by atoms with Crippen molar-refractivity contribution in [2.24, 2.45) is 0 Å². The van der Waals surface area contributed by atoms with E-state index >= 15 is 0 Å². The number of phenols is 1. The van der Waals surface area contributed by atoms with E-state index in [-0.39, 0.29) is 10.8 Å². The van der Waals surface area contributed by atoms with E-state index in [1.54, 1.807) is 0 Å². The van der Waals surface area contributed by atoms with Gasteiger partial charge in [-0.05, 0) is 60.0 Å². The van der Waals surface area contributed by atoms with Crippen molar-refractivity contribution in [2.45, 2.75) is 91.3 Å². The van der Waals surface area contributed by atoms with Crippen LogP contribution in [0.25, 0.3) is 0 Å². The first-order valence-electron chi connectivity index (χ1n) is 12.1. The molecule has 0 saturated carbocycles. The zero-order valence-electron chi connectivity index (χ0n) is 22.3. The lowest BCUT2D eigenvalue weighted by atomic mass is 9.81. The van der Waals surface area contributed by atoms with Crippen molar-refractivity contribution in [1.29, 1.82) is 0 Å². The Morgan fingerprint density at radius 1 is 0.788 bits per heavy atom. The van der Waals surface area contributed by atoms with Gasteiger partial charge >= 0.3 is 0 Å². The third-order valence-corrected chi connectivity index (χ3v) is 9.28. The fourth-order valence-electron chi connectivity index (χ4n) is 4.65. The second-order valence-corrected chi connectivity index (χ2v) is 16.4. The van der Waals surface area contributed by atoms with E-state index in [1.165, 1.54) is 16.7 Å². The molecule has 2 nitrogen and oxygen atoms in total. The summed E-state index contributed by atoms with van der Waals surface area (Å²) in [6.45, 7) is 22.1. The van der Waals surface area contributed by atoms with E-state index in [9.17, 15) is 5.11 Å². The van der Waals surface area contributed by atoms with Crippen LogP contribution in [0.3, 0.4) is 0 Å². The van der Waals surface area contributed by atoms with Crippen LogP contribution in [0.4, 0.5) is 0 Å². The largest absolute Gasteiger partial charge is 0.543 e. The highest BCUT2D eigenvalue weighted by Crippen LogP contribution is 2.42. The van der Waals surface area contributed by atoms with Gasteiger partial charge in [0.05, 0.1) is 0 Å². The van der Waals surface area contributed by atoms with Crippen LogP contribution in [0.15, 0.2) is 48.6 Å². The molecule has 0 radical (unpaired) electrons. The van der Waals surface area contributed by atoms with Crippen molar-refractivity contribution in [3.63, 3.8) is 0 Å². The lowest BCUT2D eigenvalue weighted by Gasteiger charge is -2.34. The molecule has 0 amide bonds. The molecular formula is C30H42O2Si. The lowest BCUT2D eigenvalue weighted by Crippen LogP contribution is -2.39. The van der Waals surface area contributed by atoms with Crippen LogP contribution in [-0.4, -0.2) is 13.4 Å². The molecule has 0 bridgehead atoms. The van der Waals surface area contributed by atoms with Gasteiger partial charge in [-0.3, -0.25) is 0 Å². The molecule has 1 aliphatic rings. The number of aromatic hydroxyl groups is 1. The number of allylic oxidation sites excluding steroid dienone is 4. The molecule has 3 rings (SSSR count). The quantitative estimate of drug-likeness (QED) is 0.453. The van der Waals surface area contributed by atoms with E-state index in [0.717, 1.165) is 22.4 Å². The maximum Gasteiger partial charge on any atom is 0.255 e. The Morgan fingerprint density at radius 3 is 1.79 bits per heavy atom. The van der Waals surface area contributed by atoms with Gasteiger partial charge in [0.15, 0.2) is 0 Å². The molecule has 0 saturated heterocycles. The van der Waals surface area contributed by atoms with Gasteiger partial charge in [0.1, 0.15) is 11.5 Å². The Kier molecular flexibility index (Phi) is 6.79. The topological polar surface area (TPSA) is 29.5 Å². The Bertz CT molecular complexity index is 1080. The van der Waals surface area contributed by atoms with Gasteiger partial charge in [-0.25, -0.2) is 0 Å². The van der Waals surface area contributed by atoms with Crippen molar-refractivity contribution >= 4 is 8.32 Å². The fourth-order valence-corrected chi connectivity index (χ4v) is 6.70. The number of benzene rings is 2. The molecule has 1 N–H and O–H groups in total. The fraction of sp³-hybridized carbons (Fsp3) is 0.467. The summed E-state index contributed by atoms with van der Waals surface area (Å²) in [6, 6.07) is 8.76. The summed E-state index contributed by atoms with van der Waals surface area (Å²) in [5.41, 5.74) is 6.96. The molecule has 178 valence electrons. The number of rotatable bonds is 5. The van der Waals surface area contributed by atoms with E-state index in [2.05, 4.69) is 117 Å². The third-order valence-electron chi connectivity index (χ3n) is 6.56. The summed E-state index contributed by atoms with van der Waals surface area (Å²) in [5, 5.41) is 11.3. The van der Waals surface area contributed by atoms with E-state index in [1.807, 2.05) is 0 Å².